The average Bonchev–Trinajstić information content (AvgIpc) is 2.88. The average molecular weight is 311 g/mol. The van der Waals surface area contributed by atoms with Gasteiger partial charge in [0.1, 0.15) is 0 Å². The van der Waals surface area contributed by atoms with Gasteiger partial charge in [-0.2, -0.15) is 10.1 Å². The molecule has 0 N–H and O–H groups in total. The van der Waals surface area contributed by atoms with Crippen molar-refractivity contribution in [3.63, 3.8) is 0 Å². The molecule has 0 aromatic carbocycles. The number of anilines is 2. The van der Waals surface area contributed by atoms with Gasteiger partial charge in [0.15, 0.2) is 15.7 Å². The van der Waals surface area contributed by atoms with Crippen LogP contribution >= 0.6 is 0 Å². The van der Waals surface area contributed by atoms with Gasteiger partial charge in [0.05, 0.1) is 17.7 Å². The van der Waals surface area contributed by atoms with E-state index in [4.69, 9.17) is 0 Å². The molecule has 1 unspecified atom stereocenters. The number of piperidine rings is 1. The SMILES string of the molecule is CN(c1cnnc(N2CCCCC2)n1)C1CCS(=O)(=O)C1. The molecule has 2 fully saturated rings. The van der Waals surface area contributed by atoms with Gasteiger partial charge in [-0.15, -0.1) is 5.10 Å². The van der Waals surface area contributed by atoms with Crippen molar-refractivity contribution in [2.75, 3.05) is 41.4 Å². The highest BCUT2D eigenvalue weighted by molar-refractivity contribution is 7.91. The molecule has 0 saturated carbocycles. The van der Waals surface area contributed by atoms with Crippen molar-refractivity contribution < 1.29 is 8.42 Å². The minimum absolute atomic E-state index is 0.0131. The molecule has 3 heterocycles. The molecule has 0 amide bonds. The predicted molar refractivity (Wildman–Crippen MR) is 81.4 cm³/mol. The molecule has 2 aliphatic rings. The van der Waals surface area contributed by atoms with Crippen LogP contribution in [0.2, 0.25) is 0 Å². The summed E-state index contributed by atoms with van der Waals surface area (Å²) in [6.07, 6.45) is 5.83. The van der Waals surface area contributed by atoms with Crippen LogP contribution in [0.3, 0.4) is 0 Å². The Morgan fingerprint density at radius 1 is 1.29 bits per heavy atom. The standard InChI is InChI=1S/C13H21N5O2S/c1-17(11-5-8-21(19,20)10-11)12-9-14-16-13(15-12)18-6-3-2-4-7-18/h9,11H,2-8,10H2,1H3. The van der Waals surface area contributed by atoms with Gasteiger partial charge in [0.2, 0.25) is 5.95 Å². The molecule has 7 nitrogen and oxygen atoms in total. The molecule has 2 saturated heterocycles. The number of sulfone groups is 1. The van der Waals surface area contributed by atoms with Crippen LogP contribution in [-0.2, 0) is 9.84 Å². The molecule has 116 valence electrons. The lowest BCUT2D eigenvalue weighted by molar-refractivity contribution is 0.564. The summed E-state index contributed by atoms with van der Waals surface area (Å²) in [5.74, 6) is 1.82. The van der Waals surface area contributed by atoms with Gasteiger partial charge in [-0.25, -0.2) is 8.42 Å². The number of hydrogen-bond acceptors (Lipinski definition) is 7. The van der Waals surface area contributed by atoms with E-state index in [1.54, 1.807) is 6.20 Å². The van der Waals surface area contributed by atoms with Crippen molar-refractivity contribution in [2.24, 2.45) is 0 Å². The monoisotopic (exact) mass is 311 g/mol. The third kappa shape index (κ3) is 3.25. The van der Waals surface area contributed by atoms with E-state index in [1.165, 1.54) is 6.42 Å². The topological polar surface area (TPSA) is 79.3 Å². The molecule has 1 aromatic rings. The fourth-order valence-electron chi connectivity index (χ4n) is 2.95. The Morgan fingerprint density at radius 3 is 2.71 bits per heavy atom. The summed E-state index contributed by atoms with van der Waals surface area (Å²) in [5.41, 5.74) is 0. The van der Waals surface area contributed by atoms with E-state index in [-0.39, 0.29) is 17.5 Å². The predicted octanol–water partition coefficient (Wildman–Crippen LogP) is 0.485. The largest absolute Gasteiger partial charge is 0.354 e. The van der Waals surface area contributed by atoms with Crippen LogP contribution in [0.4, 0.5) is 11.8 Å². The smallest absolute Gasteiger partial charge is 0.247 e. The highest BCUT2D eigenvalue weighted by atomic mass is 32.2. The van der Waals surface area contributed by atoms with Crippen LogP contribution in [0.5, 0.6) is 0 Å². The molecule has 1 aromatic heterocycles. The first-order chi connectivity index (χ1) is 10.1. The molecule has 0 spiro atoms. The molecule has 0 radical (unpaired) electrons. The quantitative estimate of drug-likeness (QED) is 0.803. The second-order valence-corrected chi connectivity index (χ2v) is 8.06. The maximum absolute atomic E-state index is 11.6. The van der Waals surface area contributed by atoms with Crippen LogP contribution in [0.25, 0.3) is 0 Å². The van der Waals surface area contributed by atoms with E-state index < -0.39 is 9.84 Å². The van der Waals surface area contributed by atoms with Gasteiger partial charge in [0, 0.05) is 26.2 Å². The fourth-order valence-corrected chi connectivity index (χ4v) is 4.73. The summed E-state index contributed by atoms with van der Waals surface area (Å²) in [7, 11) is -1.01. The number of aromatic nitrogens is 3. The molecule has 2 aliphatic heterocycles. The summed E-state index contributed by atoms with van der Waals surface area (Å²) < 4.78 is 23.2. The van der Waals surface area contributed by atoms with Crippen molar-refractivity contribution >= 4 is 21.6 Å². The fraction of sp³-hybridized carbons (Fsp3) is 0.769. The van der Waals surface area contributed by atoms with Crippen molar-refractivity contribution in [1.82, 2.24) is 15.2 Å². The first-order valence-electron chi connectivity index (χ1n) is 7.43. The summed E-state index contributed by atoms with van der Waals surface area (Å²) >= 11 is 0. The summed E-state index contributed by atoms with van der Waals surface area (Å²) in [5, 5.41) is 8.16. The van der Waals surface area contributed by atoms with Gasteiger partial charge in [-0.1, -0.05) is 0 Å². The van der Waals surface area contributed by atoms with E-state index in [1.807, 2.05) is 11.9 Å². The highest BCUT2D eigenvalue weighted by Crippen LogP contribution is 2.22. The van der Waals surface area contributed by atoms with Crippen LogP contribution in [0.1, 0.15) is 25.7 Å². The Kier molecular flexibility index (Phi) is 3.97. The van der Waals surface area contributed by atoms with Gasteiger partial charge in [-0.05, 0) is 25.7 Å². The Morgan fingerprint density at radius 2 is 2.05 bits per heavy atom. The molecule has 1 atom stereocenters. The van der Waals surface area contributed by atoms with Crippen LogP contribution in [-0.4, -0.2) is 61.3 Å². The Bertz CT molecular complexity index is 600. The molecule has 0 bridgehead atoms. The molecule has 0 aliphatic carbocycles. The van der Waals surface area contributed by atoms with Crippen LogP contribution < -0.4 is 9.80 Å². The minimum Gasteiger partial charge on any atom is -0.354 e. The van der Waals surface area contributed by atoms with Gasteiger partial charge >= 0.3 is 0 Å². The number of hydrogen-bond donors (Lipinski definition) is 0. The summed E-state index contributed by atoms with van der Waals surface area (Å²) in [6, 6.07) is -0.0131. The lowest BCUT2D eigenvalue weighted by atomic mass is 10.1. The zero-order valence-electron chi connectivity index (χ0n) is 12.3. The zero-order chi connectivity index (χ0) is 14.9. The van der Waals surface area contributed by atoms with E-state index >= 15 is 0 Å². The van der Waals surface area contributed by atoms with Crippen molar-refractivity contribution in [1.29, 1.82) is 0 Å². The molecule has 3 rings (SSSR count). The Balaban J connectivity index is 1.76. The van der Waals surface area contributed by atoms with E-state index in [2.05, 4.69) is 20.1 Å². The molecule has 21 heavy (non-hydrogen) atoms. The molecule has 8 heteroatoms. The van der Waals surface area contributed by atoms with Crippen molar-refractivity contribution in [2.45, 2.75) is 31.7 Å². The lowest BCUT2D eigenvalue weighted by Gasteiger charge is -2.28. The van der Waals surface area contributed by atoms with Gasteiger partial charge in [0.25, 0.3) is 0 Å². The van der Waals surface area contributed by atoms with Crippen molar-refractivity contribution in [3.8, 4) is 0 Å². The normalized spacial score (nSPS) is 25.0. The second kappa shape index (κ2) is 5.75. The second-order valence-electron chi connectivity index (χ2n) is 5.83. The summed E-state index contributed by atoms with van der Waals surface area (Å²) in [4.78, 5) is 8.65. The molecular formula is C13H21N5O2S. The van der Waals surface area contributed by atoms with Crippen molar-refractivity contribution in [3.05, 3.63) is 6.20 Å². The number of rotatable bonds is 3. The third-order valence-electron chi connectivity index (χ3n) is 4.29. The Hall–Kier alpha value is -1.44. The highest BCUT2D eigenvalue weighted by Gasteiger charge is 2.31. The maximum atomic E-state index is 11.6. The first-order valence-corrected chi connectivity index (χ1v) is 9.25. The minimum atomic E-state index is -2.89. The first kappa shape index (κ1) is 14.5. The van der Waals surface area contributed by atoms with E-state index in [0.29, 0.717) is 18.2 Å². The van der Waals surface area contributed by atoms with E-state index in [9.17, 15) is 8.42 Å². The molecular weight excluding hydrogens is 290 g/mol. The van der Waals surface area contributed by atoms with Gasteiger partial charge < -0.3 is 9.80 Å². The van der Waals surface area contributed by atoms with Crippen LogP contribution in [0.15, 0.2) is 6.20 Å². The van der Waals surface area contributed by atoms with Crippen LogP contribution in [0, 0.1) is 0 Å². The Labute approximate surface area is 125 Å². The van der Waals surface area contributed by atoms with Gasteiger partial charge in [-0.3, -0.25) is 0 Å². The number of nitrogens with zero attached hydrogens (tertiary/aromatic N) is 5. The zero-order valence-corrected chi connectivity index (χ0v) is 13.1. The lowest BCUT2D eigenvalue weighted by Crippen LogP contribution is -2.35. The maximum Gasteiger partial charge on any atom is 0.247 e. The summed E-state index contributed by atoms with van der Waals surface area (Å²) in [6.45, 7) is 1.93. The van der Waals surface area contributed by atoms with E-state index in [0.717, 1.165) is 25.9 Å². The third-order valence-corrected chi connectivity index (χ3v) is 6.04.